The third kappa shape index (κ3) is 4.03. The molecule has 0 saturated carbocycles. The van der Waals surface area contributed by atoms with E-state index in [-0.39, 0.29) is 6.03 Å². The summed E-state index contributed by atoms with van der Waals surface area (Å²) in [7, 11) is 1.81. The molecule has 0 radical (unpaired) electrons. The molecular weight excluding hydrogens is 288 g/mol. The van der Waals surface area contributed by atoms with Gasteiger partial charge in [0.1, 0.15) is 5.75 Å². The quantitative estimate of drug-likeness (QED) is 0.922. The van der Waals surface area contributed by atoms with Gasteiger partial charge in [-0.15, -0.1) is 0 Å². The molecule has 1 aliphatic rings. The average molecular weight is 310 g/mol. The van der Waals surface area contributed by atoms with Crippen LogP contribution in [0, 0.1) is 0 Å². The molecule has 0 spiro atoms. The first-order chi connectivity index (χ1) is 11.2. The van der Waals surface area contributed by atoms with Gasteiger partial charge < -0.3 is 15.0 Å². The Kier molecular flexibility index (Phi) is 4.81. The van der Waals surface area contributed by atoms with Gasteiger partial charge in [0.05, 0.1) is 6.61 Å². The molecule has 23 heavy (non-hydrogen) atoms. The van der Waals surface area contributed by atoms with Gasteiger partial charge in [0, 0.05) is 26.6 Å². The number of amides is 2. The fourth-order valence-corrected chi connectivity index (χ4v) is 2.77. The van der Waals surface area contributed by atoms with Crippen molar-refractivity contribution in [2.24, 2.45) is 0 Å². The molecular formula is C19H22N2O2. The Hall–Kier alpha value is -2.49. The lowest BCUT2D eigenvalue weighted by atomic mass is 10.1. The molecule has 0 aliphatic carbocycles. The summed E-state index contributed by atoms with van der Waals surface area (Å²) in [6, 6.07) is 16.2. The van der Waals surface area contributed by atoms with E-state index in [1.807, 2.05) is 43.4 Å². The number of nitrogens with zero attached hydrogens (tertiary/aromatic N) is 1. The Morgan fingerprint density at radius 2 is 2.00 bits per heavy atom. The Balaban J connectivity index is 1.45. The third-order valence-electron chi connectivity index (χ3n) is 4.05. The highest BCUT2D eigenvalue weighted by Gasteiger charge is 2.12. The van der Waals surface area contributed by atoms with Crippen LogP contribution in [0.1, 0.15) is 16.7 Å². The second-order valence-corrected chi connectivity index (χ2v) is 5.86. The summed E-state index contributed by atoms with van der Waals surface area (Å²) in [5.41, 5.74) is 3.64. The maximum Gasteiger partial charge on any atom is 0.317 e. The van der Waals surface area contributed by atoms with Crippen LogP contribution >= 0.6 is 0 Å². The van der Waals surface area contributed by atoms with Crippen molar-refractivity contribution in [1.82, 2.24) is 10.2 Å². The Labute approximate surface area is 137 Å². The summed E-state index contributed by atoms with van der Waals surface area (Å²) in [6.45, 7) is 2.03. The van der Waals surface area contributed by atoms with E-state index in [9.17, 15) is 4.79 Å². The number of carbonyl (C=O) groups is 1. The van der Waals surface area contributed by atoms with Gasteiger partial charge in [-0.2, -0.15) is 0 Å². The summed E-state index contributed by atoms with van der Waals surface area (Å²) in [5, 5.41) is 2.97. The highest BCUT2D eigenvalue weighted by atomic mass is 16.5. The third-order valence-corrected chi connectivity index (χ3v) is 4.05. The van der Waals surface area contributed by atoms with Crippen LogP contribution < -0.4 is 10.1 Å². The number of rotatable bonds is 5. The normalized spacial score (nSPS) is 12.4. The lowest BCUT2D eigenvalue weighted by molar-refractivity contribution is 0.207. The molecule has 0 aromatic heterocycles. The summed E-state index contributed by atoms with van der Waals surface area (Å²) >= 11 is 0. The summed E-state index contributed by atoms with van der Waals surface area (Å²) in [4.78, 5) is 13.8. The van der Waals surface area contributed by atoms with Crippen LogP contribution in [0.25, 0.3) is 0 Å². The van der Waals surface area contributed by atoms with Crippen LogP contribution in [-0.4, -0.2) is 31.1 Å². The molecule has 0 fully saturated rings. The van der Waals surface area contributed by atoms with Gasteiger partial charge >= 0.3 is 6.03 Å². The van der Waals surface area contributed by atoms with E-state index < -0.39 is 0 Å². The molecule has 0 atom stereocenters. The van der Waals surface area contributed by atoms with Gasteiger partial charge in [-0.3, -0.25) is 0 Å². The molecule has 0 bridgehead atoms. The highest BCUT2D eigenvalue weighted by Crippen LogP contribution is 2.25. The fraction of sp³-hybridized carbons (Fsp3) is 0.316. The Bertz CT molecular complexity index is 670. The molecule has 2 amide bonds. The van der Waals surface area contributed by atoms with Crippen molar-refractivity contribution >= 4 is 6.03 Å². The van der Waals surface area contributed by atoms with Gasteiger partial charge in [0.2, 0.25) is 0 Å². The van der Waals surface area contributed by atoms with Crippen molar-refractivity contribution in [2.45, 2.75) is 19.4 Å². The van der Waals surface area contributed by atoms with E-state index in [1.54, 1.807) is 4.90 Å². The predicted molar refractivity (Wildman–Crippen MR) is 90.7 cm³/mol. The number of hydrogen-bond donors (Lipinski definition) is 1. The van der Waals surface area contributed by atoms with E-state index in [2.05, 4.69) is 17.4 Å². The molecule has 0 unspecified atom stereocenters. The van der Waals surface area contributed by atoms with Crippen LogP contribution in [0.3, 0.4) is 0 Å². The van der Waals surface area contributed by atoms with Gasteiger partial charge in [-0.25, -0.2) is 4.79 Å². The minimum Gasteiger partial charge on any atom is -0.493 e. The topological polar surface area (TPSA) is 41.6 Å². The minimum absolute atomic E-state index is 0.0432. The highest BCUT2D eigenvalue weighted by molar-refractivity contribution is 5.73. The van der Waals surface area contributed by atoms with Crippen molar-refractivity contribution in [2.75, 3.05) is 20.2 Å². The summed E-state index contributed by atoms with van der Waals surface area (Å²) in [5.74, 6) is 1.00. The number of hydrogen-bond acceptors (Lipinski definition) is 2. The van der Waals surface area contributed by atoms with Crippen LogP contribution in [0.15, 0.2) is 48.5 Å². The maximum absolute atomic E-state index is 12.1. The maximum atomic E-state index is 12.1. The van der Waals surface area contributed by atoms with E-state index in [0.29, 0.717) is 13.1 Å². The van der Waals surface area contributed by atoms with Gasteiger partial charge in [0.15, 0.2) is 0 Å². The molecule has 3 rings (SSSR count). The molecule has 1 aliphatic heterocycles. The zero-order valence-corrected chi connectivity index (χ0v) is 13.4. The largest absolute Gasteiger partial charge is 0.493 e. The van der Waals surface area contributed by atoms with Crippen LogP contribution in [0.4, 0.5) is 4.79 Å². The number of urea groups is 1. The molecule has 1 heterocycles. The first-order valence-corrected chi connectivity index (χ1v) is 8.00. The first kappa shape index (κ1) is 15.4. The molecule has 0 saturated heterocycles. The molecule has 2 aromatic rings. The first-order valence-electron chi connectivity index (χ1n) is 8.00. The van der Waals surface area contributed by atoms with Crippen LogP contribution in [0.2, 0.25) is 0 Å². The van der Waals surface area contributed by atoms with E-state index in [0.717, 1.165) is 30.8 Å². The van der Waals surface area contributed by atoms with Gasteiger partial charge in [-0.1, -0.05) is 42.5 Å². The summed E-state index contributed by atoms with van der Waals surface area (Å²) in [6.07, 6.45) is 1.81. The van der Waals surface area contributed by atoms with Gasteiger partial charge in [-0.05, 0) is 29.2 Å². The van der Waals surface area contributed by atoms with Crippen molar-refractivity contribution in [1.29, 1.82) is 0 Å². The second kappa shape index (κ2) is 7.18. The lowest BCUT2D eigenvalue weighted by Crippen LogP contribution is -2.37. The number of ether oxygens (including phenoxy) is 1. The number of benzene rings is 2. The van der Waals surface area contributed by atoms with E-state index in [4.69, 9.17) is 4.74 Å². The standard InChI is InChI=1S/C19H22N2O2/c1-21(14-16-5-3-2-4-6-16)19(22)20-11-9-15-7-8-18-17(13-15)10-12-23-18/h2-8,13H,9-12,14H2,1H3,(H,20,22). The predicted octanol–water partition coefficient (Wildman–Crippen LogP) is 3.01. The monoisotopic (exact) mass is 310 g/mol. The van der Waals surface area contributed by atoms with E-state index >= 15 is 0 Å². The smallest absolute Gasteiger partial charge is 0.317 e. The van der Waals surface area contributed by atoms with Crippen molar-refractivity contribution in [3.05, 3.63) is 65.2 Å². The molecule has 1 N–H and O–H groups in total. The average Bonchev–Trinajstić information content (AvgIpc) is 3.03. The molecule has 120 valence electrons. The Morgan fingerprint density at radius 1 is 1.17 bits per heavy atom. The van der Waals surface area contributed by atoms with Crippen molar-refractivity contribution in [3.63, 3.8) is 0 Å². The number of fused-ring (bicyclic) bond motifs is 1. The lowest BCUT2D eigenvalue weighted by Gasteiger charge is -2.18. The minimum atomic E-state index is -0.0432. The zero-order chi connectivity index (χ0) is 16.1. The Morgan fingerprint density at radius 3 is 2.83 bits per heavy atom. The van der Waals surface area contributed by atoms with Crippen molar-refractivity contribution < 1.29 is 9.53 Å². The molecule has 4 heteroatoms. The van der Waals surface area contributed by atoms with E-state index in [1.165, 1.54) is 11.1 Å². The number of nitrogens with one attached hydrogen (secondary N) is 1. The van der Waals surface area contributed by atoms with Crippen LogP contribution in [-0.2, 0) is 19.4 Å². The SMILES string of the molecule is CN(Cc1ccccc1)C(=O)NCCc1ccc2c(c1)CCO2. The molecule has 2 aromatic carbocycles. The summed E-state index contributed by atoms with van der Waals surface area (Å²) < 4.78 is 5.51. The zero-order valence-electron chi connectivity index (χ0n) is 13.4. The second-order valence-electron chi connectivity index (χ2n) is 5.86. The van der Waals surface area contributed by atoms with Crippen molar-refractivity contribution in [3.8, 4) is 5.75 Å². The van der Waals surface area contributed by atoms with Gasteiger partial charge in [0.25, 0.3) is 0 Å². The van der Waals surface area contributed by atoms with Crippen LogP contribution in [0.5, 0.6) is 5.75 Å². The fourth-order valence-electron chi connectivity index (χ4n) is 2.77. The number of carbonyl (C=O) groups excluding carboxylic acids is 1. The molecule has 4 nitrogen and oxygen atoms in total.